The Morgan fingerprint density at radius 1 is 1.00 bits per heavy atom. The van der Waals surface area contributed by atoms with Gasteiger partial charge in [0.15, 0.2) is 3.79 Å². The molecule has 0 aliphatic heterocycles. The third kappa shape index (κ3) is 12.8. The maximum Gasteiger partial charge on any atom is 0.190 e. The van der Waals surface area contributed by atoms with Crippen molar-refractivity contribution in [3.63, 3.8) is 0 Å². The number of halogens is 3. The van der Waals surface area contributed by atoms with E-state index in [2.05, 4.69) is 6.92 Å². The lowest BCUT2D eigenvalue weighted by Crippen LogP contribution is -2.20. The fourth-order valence-electron chi connectivity index (χ4n) is 1.54. The fraction of sp³-hybridized carbons (Fsp3) is 1.00. The second kappa shape index (κ2) is 8.92. The number of unbranched alkanes of at least 4 members (excludes halogenated alkanes) is 3. The summed E-state index contributed by atoms with van der Waals surface area (Å²) < 4.78 is -1.11. The van der Waals surface area contributed by atoms with Crippen LogP contribution in [0.2, 0.25) is 0 Å². The Labute approximate surface area is 109 Å². The molecule has 0 aromatic carbocycles. The predicted molar refractivity (Wildman–Crippen MR) is 70.9 cm³/mol. The largest absolute Gasteiger partial charge is 0.328 e. The Balaban J connectivity index is 3.29. The van der Waals surface area contributed by atoms with E-state index in [0.717, 1.165) is 19.3 Å². The molecule has 0 rings (SSSR count). The smallest absolute Gasteiger partial charge is 0.190 e. The van der Waals surface area contributed by atoms with E-state index >= 15 is 0 Å². The molecule has 0 bridgehead atoms. The number of rotatable bonds is 8. The standard InChI is InChI=1S/C11H22Cl3N/c1-2-3-4-5-7-10(15)8-6-9-11(12,13)14/h10H,2-9,15H2,1H3. The van der Waals surface area contributed by atoms with Crippen LogP contribution < -0.4 is 5.73 Å². The Morgan fingerprint density at radius 3 is 2.13 bits per heavy atom. The molecule has 0 saturated carbocycles. The van der Waals surface area contributed by atoms with Gasteiger partial charge in [0.2, 0.25) is 0 Å². The second-order valence-corrected chi connectivity index (χ2v) is 6.63. The van der Waals surface area contributed by atoms with Gasteiger partial charge in [0.1, 0.15) is 0 Å². The van der Waals surface area contributed by atoms with Gasteiger partial charge in [0.05, 0.1) is 0 Å². The number of hydrogen-bond donors (Lipinski definition) is 1. The number of nitrogens with two attached hydrogens (primary N) is 1. The first-order valence-corrected chi connectivity index (χ1v) is 6.91. The van der Waals surface area contributed by atoms with Gasteiger partial charge in [0.25, 0.3) is 0 Å². The molecule has 0 fully saturated rings. The van der Waals surface area contributed by atoms with Crippen LogP contribution in [0.5, 0.6) is 0 Å². The van der Waals surface area contributed by atoms with Gasteiger partial charge in [-0.2, -0.15) is 0 Å². The number of alkyl halides is 3. The minimum atomic E-state index is -1.11. The lowest BCUT2D eigenvalue weighted by molar-refractivity contribution is 0.501. The van der Waals surface area contributed by atoms with Gasteiger partial charge in [-0.25, -0.2) is 0 Å². The van der Waals surface area contributed by atoms with Crippen molar-refractivity contribution < 1.29 is 0 Å². The van der Waals surface area contributed by atoms with Gasteiger partial charge in [-0.1, -0.05) is 67.4 Å². The first kappa shape index (κ1) is 15.8. The summed E-state index contributed by atoms with van der Waals surface area (Å²) in [5.41, 5.74) is 5.96. The summed E-state index contributed by atoms with van der Waals surface area (Å²) in [6.45, 7) is 2.21. The average Bonchev–Trinajstić information content (AvgIpc) is 2.10. The minimum Gasteiger partial charge on any atom is -0.328 e. The average molecular weight is 275 g/mol. The van der Waals surface area contributed by atoms with Crippen LogP contribution in [0, 0.1) is 0 Å². The van der Waals surface area contributed by atoms with E-state index in [1.807, 2.05) is 0 Å². The maximum absolute atomic E-state index is 5.96. The molecule has 1 unspecified atom stereocenters. The summed E-state index contributed by atoms with van der Waals surface area (Å²) in [7, 11) is 0. The molecule has 0 heterocycles. The van der Waals surface area contributed by atoms with Crippen molar-refractivity contribution in [1.29, 1.82) is 0 Å². The molecule has 0 aliphatic rings. The highest BCUT2D eigenvalue weighted by Crippen LogP contribution is 2.32. The fourth-order valence-corrected chi connectivity index (χ4v) is 1.94. The zero-order valence-electron chi connectivity index (χ0n) is 9.45. The van der Waals surface area contributed by atoms with Gasteiger partial charge in [-0.05, 0) is 25.7 Å². The van der Waals surface area contributed by atoms with Gasteiger partial charge in [0, 0.05) is 6.04 Å². The van der Waals surface area contributed by atoms with Gasteiger partial charge in [-0.15, -0.1) is 0 Å². The van der Waals surface area contributed by atoms with E-state index in [1.54, 1.807) is 0 Å². The van der Waals surface area contributed by atoms with Crippen LogP contribution in [0.15, 0.2) is 0 Å². The van der Waals surface area contributed by atoms with E-state index in [1.165, 1.54) is 25.7 Å². The molecule has 1 atom stereocenters. The van der Waals surface area contributed by atoms with Crippen LogP contribution in [0.1, 0.15) is 58.3 Å². The molecule has 0 radical (unpaired) electrons. The summed E-state index contributed by atoms with van der Waals surface area (Å²) >= 11 is 17.0. The highest BCUT2D eigenvalue weighted by atomic mass is 35.6. The molecule has 92 valence electrons. The summed E-state index contributed by atoms with van der Waals surface area (Å²) in [6.07, 6.45) is 8.63. The summed E-state index contributed by atoms with van der Waals surface area (Å²) in [5, 5.41) is 0. The van der Waals surface area contributed by atoms with Crippen molar-refractivity contribution in [2.45, 2.75) is 68.1 Å². The SMILES string of the molecule is CCCCCCC(N)CCCC(Cl)(Cl)Cl. The molecule has 1 nitrogen and oxygen atoms in total. The topological polar surface area (TPSA) is 26.0 Å². The first-order chi connectivity index (χ1) is 6.95. The predicted octanol–water partition coefficient (Wildman–Crippen LogP) is 4.82. The highest BCUT2D eigenvalue weighted by Gasteiger charge is 2.18. The Bertz CT molecular complexity index is 145. The molecule has 4 heteroatoms. The summed E-state index contributed by atoms with van der Waals surface area (Å²) in [4.78, 5) is 0. The monoisotopic (exact) mass is 273 g/mol. The highest BCUT2D eigenvalue weighted by molar-refractivity contribution is 6.67. The van der Waals surface area contributed by atoms with E-state index in [-0.39, 0.29) is 6.04 Å². The Hall–Kier alpha value is 0.830. The molecule has 2 N–H and O–H groups in total. The Morgan fingerprint density at radius 2 is 1.60 bits per heavy atom. The van der Waals surface area contributed by atoms with Crippen LogP contribution >= 0.6 is 34.8 Å². The normalized spacial score (nSPS) is 14.2. The minimum absolute atomic E-state index is 0.272. The molecule has 0 aromatic heterocycles. The Kier molecular flexibility index (Phi) is 9.42. The molecule has 0 saturated heterocycles. The molecule has 0 aromatic rings. The molecule has 0 aliphatic carbocycles. The molecule has 0 spiro atoms. The third-order valence-electron chi connectivity index (χ3n) is 2.46. The van der Waals surface area contributed by atoms with Crippen LogP contribution in [0.4, 0.5) is 0 Å². The van der Waals surface area contributed by atoms with Gasteiger partial charge in [-0.3, -0.25) is 0 Å². The van der Waals surface area contributed by atoms with Crippen molar-refractivity contribution in [2.24, 2.45) is 5.73 Å². The third-order valence-corrected chi connectivity index (χ3v) is 3.03. The zero-order chi connectivity index (χ0) is 11.7. The number of hydrogen-bond acceptors (Lipinski definition) is 1. The van der Waals surface area contributed by atoms with Crippen molar-refractivity contribution in [3.05, 3.63) is 0 Å². The van der Waals surface area contributed by atoms with Crippen molar-refractivity contribution in [3.8, 4) is 0 Å². The van der Waals surface area contributed by atoms with Crippen LogP contribution in [0.3, 0.4) is 0 Å². The molecule has 15 heavy (non-hydrogen) atoms. The quantitative estimate of drug-likeness (QED) is 0.498. The van der Waals surface area contributed by atoms with E-state index in [0.29, 0.717) is 6.42 Å². The van der Waals surface area contributed by atoms with Crippen LogP contribution in [-0.2, 0) is 0 Å². The van der Waals surface area contributed by atoms with Gasteiger partial charge < -0.3 is 5.73 Å². The van der Waals surface area contributed by atoms with Crippen molar-refractivity contribution in [2.75, 3.05) is 0 Å². The first-order valence-electron chi connectivity index (χ1n) is 5.78. The molecule has 0 amide bonds. The van der Waals surface area contributed by atoms with Crippen LogP contribution in [-0.4, -0.2) is 9.83 Å². The lowest BCUT2D eigenvalue weighted by atomic mass is 10.0. The molecular weight excluding hydrogens is 252 g/mol. The summed E-state index contributed by atoms with van der Waals surface area (Å²) in [5.74, 6) is 0. The molecular formula is C11H22Cl3N. The van der Waals surface area contributed by atoms with E-state index < -0.39 is 3.79 Å². The zero-order valence-corrected chi connectivity index (χ0v) is 11.7. The second-order valence-electron chi connectivity index (χ2n) is 4.12. The van der Waals surface area contributed by atoms with Gasteiger partial charge >= 0.3 is 0 Å². The lowest BCUT2D eigenvalue weighted by Gasteiger charge is -2.14. The summed E-state index contributed by atoms with van der Waals surface area (Å²) in [6, 6.07) is 0.272. The van der Waals surface area contributed by atoms with Crippen molar-refractivity contribution in [1.82, 2.24) is 0 Å². The van der Waals surface area contributed by atoms with E-state index in [9.17, 15) is 0 Å². The van der Waals surface area contributed by atoms with Crippen LogP contribution in [0.25, 0.3) is 0 Å². The van der Waals surface area contributed by atoms with Crippen molar-refractivity contribution >= 4 is 34.8 Å². The van der Waals surface area contributed by atoms with E-state index in [4.69, 9.17) is 40.5 Å². The maximum atomic E-state index is 5.96.